The smallest absolute Gasteiger partial charge is 0.303 e. The van der Waals surface area contributed by atoms with Crippen molar-refractivity contribution in [1.29, 1.82) is 0 Å². The molecular weight excluding hydrogens is 347 g/mol. The van der Waals surface area contributed by atoms with Gasteiger partial charge in [-0.1, -0.05) is 57.9 Å². The number of carbonyl (C=O) groups excluding carboxylic acids is 1. The van der Waals surface area contributed by atoms with Crippen molar-refractivity contribution in [1.82, 2.24) is 0 Å². The third kappa shape index (κ3) is 7.96. The molecule has 0 unspecified atom stereocenters. The monoisotopic (exact) mass is 382 g/mol. The molecule has 1 aliphatic carbocycles. The second kappa shape index (κ2) is 11.4. The van der Waals surface area contributed by atoms with Gasteiger partial charge < -0.3 is 10.2 Å². The van der Waals surface area contributed by atoms with Crippen molar-refractivity contribution in [3.05, 3.63) is 24.3 Å². The van der Waals surface area contributed by atoms with E-state index in [1.54, 1.807) is 12.2 Å². The van der Waals surface area contributed by atoms with E-state index < -0.39 is 30.1 Å². The Morgan fingerprint density at radius 1 is 1.33 bits per heavy atom. The predicted octanol–water partition coefficient (Wildman–Crippen LogP) is 4.86. The van der Waals surface area contributed by atoms with E-state index in [1.165, 1.54) is 0 Å². The predicted molar refractivity (Wildman–Crippen MR) is 105 cm³/mol. The summed E-state index contributed by atoms with van der Waals surface area (Å²) in [5, 5.41) is 19.1. The highest BCUT2D eigenvalue weighted by molar-refractivity contribution is 5.86. The van der Waals surface area contributed by atoms with E-state index in [0.29, 0.717) is 19.3 Å². The minimum atomic E-state index is -1.17. The zero-order chi connectivity index (χ0) is 20.4. The van der Waals surface area contributed by atoms with Crippen LogP contribution < -0.4 is 0 Å². The van der Waals surface area contributed by atoms with E-state index in [0.717, 1.165) is 19.3 Å². The van der Waals surface area contributed by atoms with E-state index in [4.69, 9.17) is 5.11 Å². The van der Waals surface area contributed by atoms with Crippen molar-refractivity contribution in [3.63, 3.8) is 0 Å². The Balaban J connectivity index is 2.63. The molecule has 4 nitrogen and oxygen atoms in total. The Kier molecular flexibility index (Phi) is 9.92. The molecule has 0 bridgehead atoms. The van der Waals surface area contributed by atoms with Gasteiger partial charge in [0.05, 0.1) is 6.10 Å². The van der Waals surface area contributed by atoms with Crippen LogP contribution in [0.25, 0.3) is 0 Å². The lowest BCUT2D eigenvalue weighted by Crippen LogP contribution is -2.28. The number of hydrogen-bond donors (Lipinski definition) is 2. The summed E-state index contributed by atoms with van der Waals surface area (Å²) < 4.78 is 14.3. The zero-order valence-electron chi connectivity index (χ0n) is 16.9. The molecule has 0 radical (unpaired) electrons. The number of alkyl halides is 1. The molecule has 0 aromatic carbocycles. The van der Waals surface area contributed by atoms with Crippen molar-refractivity contribution in [2.45, 2.75) is 84.4 Å². The quantitative estimate of drug-likeness (QED) is 0.373. The number of aliphatic carboxylic acids is 1. The Morgan fingerprint density at radius 3 is 2.67 bits per heavy atom. The van der Waals surface area contributed by atoms with Crippen LogP contribution in [0.4, 0.5) is 4.39 Å². The van der Waals surface area contributed by atoms with Crippen LogP contribution in [0.1, 0.15) is 72.1 Å². The lowest BCUT2D eigenvalue weighted by atomic mass is 9.80. The minimum absolute atomic E-state index is 0.0676. The molecule has 0 aromatic heterocycles. The fourth-order valence-electron chi connectivity index (χ4n) is 3.50. The number of carbonyl (C=O) groups is 2. The summed E-state index contributed by atoms with van der Waals surface area (Å²) in [4.78, 5) is 22.7. The number of aliphatic hydroxyl groups excluding tert-OH is 1. The summed E-state index contributed by atoms with van der Waals surface area (Å²) in [6, 6.07) is 0. The minimum Gasteiger partial charge on any atom is -0.481 e. The van der Waals surface area contributed by atoms with E-state index in [-0.39, 0.29) is 24.0 Å². The first kappa shape index (κ1) is 23.5. The molecule has 0 amide bonds. The number of ketones is 1. The first-order chi connectivity index (χ1) is 12.7. The van der Waals surface area contributed by atoms with Crippen LogP contribution >= 0.6 is 0 Å². The van der Waals surface area contributed by atoms with E-state index in [9.17, 15) is 19.1 Å². The largest absolute Gasteiger partial charge is 0.481 e. The normalized spacial score (nSPS) is 24.9. The fourth-order valence-corrected chi connectivity index (χ4v) is 3.50. The van der Waals surface area contributed by atoms with Gasteiger partial charge in [-0.2, -0.15) is 0 Å². The van der Waals surface area contributed by atoms with Crippen LogP contribution in [-0.2, 0) is 9.59 Å². The first-order valence-corrected chi connectivity index (χ1v) is 10.1. The standard InChI is InChI=1S/C22H35FO4/c1-4-5-14-22(2,3)20(25)13-12-17-16(18(23)15-19(17)24)10-8-6-7-9-11-21(26)27/h6,8,12-13,16-18,20,25H,4-5,7,9-11,14-15H2,1-3H3,(H,26,27)/t16-,17-,18-,20-/m1/s1. The highest BCUT2D eigenvalue weighted by Gasteiger charge is 2.40. The summed E-state index contributed by atoms with van der Waals surface area (Å²) in [6.07, 6.45) is 9.91. The SMILES string of the molecule is CCCCC(C)(C)[C@H](O)C=C[C@H]1C(=O)C[C@@H](F)[C@@H]1CC=CCCCC(=O)O. The zero-order valence-corrected chi connectivity index (χ0v) is 16.9. The second-order valence-corrected chi connectivity index (χ2v) is 8.29. The molecular formula is C22H35FO4. The lowest BCUT2D eigenvalue weighted by molar-refractivity contribution is -0.137. The van der Waals surface area contributed by atoms with E-state index in [1.807, 2.05) is 26.0 Å². The number of aliphatic hydroxyl groups is 1. The number of hydrogen-bond acceptors (Lipinski definition) is 3. The van der Waals surface area contributed by atoms with Crippen LogP contribution in [0.15, 0.2) is 24.3 Å². The maximum absolute atomic E-state index is 14.3. The fraction of sp³-hybridized carbons (Fsp3) is 0.727. The van der Waals surface area contributed by atoms with Crippen molar-refractivity contribution in [3.8, 4) is 0 Å². The second-order valence-electron chi connectivity index (χ2n) is 8.29. The van der Waals surface area contributed by atoms with Gasteiger partial charge in [-0.25, -0.2) is 4.39 Å². The molecule has 0 heterocycles. The summed E-state index contributed by atoms with van der Waals surface area (Å²) in [7, 11) is 0. The van der Waals surface area contributed by atoms with Gasteiger partial charge in [-0.15, -0.1) is 0 Å². The Hall–Kier alpha value is -1.49. The lowest BCUT2D eigenvalue weighted by Gasteiger charge is -2.29. The van der Waals surface area contributed by atoms with Crippen LogP contribution in [0.2, 0.25) is 0 Å². The summed E-state index contributed by atoms with van der Waals surface area (Å²) in [6.45, 7) is 6.11. The van der Waals surface area contributed by atoms with Crippen LogP contribution in [-0.4, -0.2) is 34.2 Å². The molecule has 1 saturated carbocycles. The van der Waals surface area contributed by atoms with Crippen LogP contribution in [0.3, 0.4) is 0 Å². The molecule has 5 heteroatoms. The van der Waals surface area contributed by atoms with Crippen LogP contribution in [0, 0.1) is 17.3 Å². The van der Waals surface area contributed by atoms with Crippen LogP contribution in [0.5, 0.6) is 0 Å². The molecule has 154 valence electrons. The number of carboxylic acids is 1. The van der Waals surface area contributed by atoms with E-state index in [2.05, 4.69) is 6.92 Å². The molecule has 2 N–H and O–H groups in total. The van der Waals surface area contributed by atoms with Gasteiger partial charge in [0, 0.05) is 24.7 Å². The first-order valence-electron chi connectivity index (χ1n) is 10.1. The van der Waals surface area contributed by atoms with Gasteiger partial charge in [0.15, 0.2) is 0 Å². The number of allylic oxidation sites excluding steroid dienone is 3. The number of rotatable bonds is 12. The topological polar surface area (TPSA) is 74.6 Å². The number of unbranched alkanes of at least 4 members (excludes halogenated alkanes) is 2. The molecule has 0 aliphatic heterocycles. The van der Waals surface area contributed by atoms with Crippen molar-refractivity contribution < 1.29 is 24.2 Å². The van der Waals surface area contributed by atoms with E-state index >= 15 is 0 Å². The number of Topliss-reactive ketones (excluding diaryl/α,β-unsaturated/α-hetero) is 1. The van der Waals surface area contributed by atoms with Gasteiger partial charge in [0.2, 0.25) is 0 Å². The average Bonchev–Trinajstić information content (AvgIpc) is 2.86. The maximum atomic E-state index is 14.3. The number of carboxylic acid groups (broad SMARTS) is 1. The third-order valence-corrected chi connectivity index (χ3v) is 5.51. The Labute approximate surface area is 162 Å². The average molecular weight is 383 g/mol. The van der Waals surface area contributed by atoms with Gasteiger partial charge in [0.1, 0.15) is 12.0 Å². The molecule has 1 rings (SSSR count). The highest BCUT2D eigenvalue weighted by atomic mass is 19.1. The van der Waals surface area contributed by atoms with Gasteiger partial charge >= 0.3 is 5.97 Å². The highest BCUT2D eigenvalue weighted by Crippen LogP contribution is 2.36. The van der Waals surface area contributed by atoms with Crippen molar-refractivity contribution >= 4 is 11.8 Å². The molecule has 0 aromatic rings. The Bertz CT molecular complexity index is 538. The Morgan fingerprint density at radius 2 is 2.04 bits per heavy atom. The third-order valence-electron chi connectivity index (χ3n) is 5.51. The maximum Gasteiger partial charge on any atom is 0.303 e. The van der Waals surface area contributed by atoms with Gasteiger partial charge in [0.25, 0.3) is 0 Å². The molecule has 1 aliphatic rings. The molecule has 0 spiro atoms. The summed E-state index contributed by atoms with van der Waals surface area (Å²) in [5.74, 6) is -1.84. The van der Waals surface area contributed by atoms with Crippen molar-refractivity contribution in [2.75, 3.05) is 0 Å². The number of halogens is 1. The van der Waals surface area contributed by atoms with Crippen molar-refractivity contribution in [2.24, 2.45) is 17.3 Å². The molecule has 27 heavy (non-hydrogen) atoms. The molecule has 0 saturated heterocycles. The summed E-state index contributed by atoms with van der Waals surface area (Å²) >= 11 is 0. The summed E-state index contributed by atoms with van der Waals surface area (Å²) in [5.41, 5.74) is -0.275. The van der Waals surface area contributed by atoms with Gasteiger partial charge in [-0.05, 0) is 31.1 Å². The van der Waals surface area contributed by atoms with Gasteiger partial charge in [-0.3, -0.25) is 9.59 Å². The molecule has 4 atom stereocenters. The molecule has 1 fully saturated rings.